The summed E-state index contributed by atoms with van der Waals surface area (Å²) in [5.74, 6) is 0.786. The normalized spacial score (nSPS) is 10.8. The second kappa shape index (κ2) is 6.20. The van der Waals surface area contributed by atoms with E-state index in [4.69, 9.17) is 4.52 Å². The van der Waals surface area contributed by atoms with Crippen LogP contribution in [0, 0.1) is 6.92 Å². The van der Waals surface area contributed by atoms with Crippen molar-refractivity contribution in [3.63, 3.8) is 0 Å². The van der Waals surface area contributed by atoms with Gasteiger partial charge >= 0.3 is 0 Å². The van der Waals surface area contributed by atoms with Crippen molar-refractivity contribution in [1.82, 2.24) is 10.1 Å². The number of amides is 1. The van der Waals surface area contributed by atoms with Gasteiger partial charge in [0.1, 0.15) is 5.76 Å². The van der Waals surface area contributed by atoms with Crippen molar-refractivity contribution in [1.29, 1.82) is 0 Å². The maximum Gasteiger partial charge on any atom is 0.257 e. The zero-order valence-electron chi connectivity index (χ0n) is 13.6. The minimum Gasteiger partial charge on any atom is -0.360 e. The molecule has 25 heavy (non-hydrogen) atoms. The second-order valence-electron chi connectivity index (χ2n) is 5.72. The van der Waals surface area contributed by atoms with Crippen LogP contribution in [0.15, 0.2) is 71.3 Å². The van der Waals surface area contributed by atoms with Gasteiger partial charge in [-0.1, -0.05) is 53.7 Å². The van der Waals surface area contributed by atoms with Gasteiger partial charge in [0.2, 0.25) is 0 Å². The summed E-state index contributed by atoms with van der Waals surface area (Å²) in [5.41, 5.74) is 3.02. The first-order chi connectivity index (χ1) is 12.2. The molecule has 1 amide bonds. The zero-order valence-corrected chi connectivity index (χ0v) is 13.6. The molecular formula is C20H15N3O2. The summed E-state index contributed by atoms with van der Waals surface area (Å²) in [7, 11) is 0. The Morgan fingerprint density at radius 2 is 1.76 bits per heavy atom. The Balaban J connectivity index is 1.82. The third kappa shape index (κ3) is 2.99. The van der Waals surface area contributed by atoms with Gasteiger partial charge in [0.05, 0.1) is 16.8 Å². The van der Waals surface area contributed by atoms with Gasteiger partial charge < -0.3 is 9.84 Å². The van der Waals surface area contributed by atoms with Crippen LogP contribution in [-0.4, -0.2) is 16.0 Å². The fraction of sp³-hybridized carbons (Fsp3) is 0.0500. The van der Waals surface area contributed by atoms with Crippen LogP contribution in [0.3, 0.4) is 0 Å². The first-order valence-electron chi connectivity index (χ1n) is 7.90. The van der Waals surface area contributed by atoms with Gasteiger partial charge in [0.25, 0.3) is 5.91 Å². The third-order valence-electron chi connectivity index (χ3n) is 3.90. The molecular weight excluding hydrogens is 314 g/mol. The number of nitrogens with zero attached hydrogens (tertiary/aromatic N) is 2. The average molecular weight is 329 g/mol. The summed E-state index contributed by atoms with van der Waals surface area (Å²) in [6.07, 6.45) is 0. The smallest absolute Gasteiger partial charge is 0.257 e. The van der Waals surface area contributed by atoms with E-state index in [-0.39, 0.29) is 5.91 Å². The first kappa shape index (κ1) is 15.1. The van der Waals surface area contributed by atoms with Crippen LogP contribution >= 0.6 is 0 Å². The van der Waals surface area contributed by atoms with Gasteiger partial charge in [0.15, 0.2) is 5.82 Å². The molecule has 0 unspecified atom stereocenters. The van der Waals surface area contributed by atoms with Gasteiger partial charge in [-0.15, -0.1) is 0 Å². The molecule has 2 heterocycles. The van der Waals surface area contributed by atoms with Crippen LogP contribution in [0.4, 0.5) is 5.82 Å². The highest BCUT2D eigenvalue weighted by molar-refractivity contribution is 6.12. The van der Waals surface area contributed by atoms with E-state index in [1.54, 1.807) is 19.1 Å². The van der Waals surface area contributed by atoms with E-state index in [2.05, 4.69) is 15.5 Å². The van der Waals surface area contributed by atoms with Crippen molar-refractivity contribution in [3.8, 4) is 11.3 Å². The quantitative estimate of drug-likeness (QED) is 0.603. The summed E-state index contributed by atoms with van der Waals surface area (Å²) in [4.78, 5) is 17.5. The molecule has 0 fully saturated rings. The lowest BCUT2D eigenvalue weighted by Gasteiger charge is -2.09. The molecule has 0 saturated carbocycles. The molecule has 0 aliphatic carbocycles. The Morgan fingerprint density at radius 3 is 2.52 bits per heavy atom. The van der Waals surface area contributed by atoms with Crippen LogP contribution in [0.2, 0.25) is 0 Å². The van der Waals surface area contributed by atoms with Crippen molar-refractivity contribution >= 4 is 22.6 Å². The molecule has 2 aromatic heterocycles. The summed E-state index contributed by atoms with van der Waals surface area (Å²) in [5, 5.41) is 7.39. The summed E-state index contributed by atoms with van der Waals surface area (Å²) in [6.45, 7) is 1.78. The average Bonchev–Trinajstić information content (AvgIpc) is 3.06. The number of carbonyl (C=O) groups is 1. The molecule has 0 atom stereocenters. The minimum absolute atomic E-state index is 0.246. The molecule has 0 aliphatic heterocycles. The lowest BCUT2D eigenvalue weighted by molar-refractivity contribution is 0.102. The Bertz CT molecular complexity index is 1050. The number of aromatic nitrogens is 2. The summed E-state index contributed by atoms with van der Waals surface area (Å²) < 4.78 is 5.00. The number of carbonyl (C=O) groups excluding carboxylic acids is 1. The fourth-order valence-corrected chi connectivity index (χ4v) is 2.73. The molecule has 0 aliphatic rings. The molecule has 1 N–H and O–H groups in total. The Hall–Kier alpha value is -3.47. The number of hydrogen-bond acceptors (Lipinski definition) is 4. The largest absolute Gasteiger partial charge is 0.360 e. The van der Waals surface area contributed by atoms with Gasteiger partial charge in [0, 0.05) is 17.0 Å². The van der Waals surface area contributed by atoms with Crippen molar-refractivity contribution in [3.05, 3.63) is 78.1 Å². The number of fused-ring (bicyclic) bond motifs is 1. The van der Waals surface area contributed by atoms with Gasteiger partial charge in [-0.25, -0.2) is 4.98 Å². The molecule has 2 aromatic carbocycles. The molecule has 4 rings (SSSR count). The van der Waals surface area contributed by atoms with E-state index in [9.17, 15) is 4.79 Å². The maximum absolute atomic E-state index is 12.8. The van der Waals surface area contributed by atoms with E-state index >= 15 is 0 Å². The number of anilines is 1. The fourth-order valence-electron chi connectivity index (χ4n) is 2.73. The van der Waals surface area contributed by atoms with Crippen LogP contribution in [0.25, 0.3) is 22.2 Å². The number of aryl methyl sites for hydroxylation is 1. The highest BCUT2D eigenvalue weighted by Gasteiger charge is 2.15. The molecule has 0 spiro atoms. The summed E-state index contributed by atoms with van der Waals surface area (Å²) >= 11 is 0. The zero-order chi connectivity index (χ0) is 17.2. The number of hydrogen-bond donors (Lipinski definition) is 1. The predicted molar refractivity (Wildman–Crippen MR) is 96.4 cm³/mol. The van der Waals surface area contributed by atoms with Crippen molar-refractivity contribution < 1.29 is 9.32 Å². The van der Waals surface area contributed by atoms with E-state index in [1.807, 2.05) is 54.6 Å². The number of pyridine rings is 1. The van der Waals surface area contributed by atoms with Gasteiger partial charge in [-0.05, 0) is 19.1 Å². The van der Waals surface area contributed by atoms with Gasteiger partial charge in [-0.3, -0.25) is 4.79 Å². The van der Waals surface area contributed by atoms with E-state index < -0.39 is 0 Å². The first-order valence-corrected chi connectivity index (χ1v) is 7.90. The Labute approximate surface area is 144 Å². The van der Waals surface area contributed by atoms with Crippen molar-refractivity contribution in [2.45, 2.75) is 6.92 Å². The molecule has 5 heteroatoms. The maximum atomic E-state index is 12.8. The monoisotopic (exact) mass is 329 g/mol. The highest BCUT2D eigenvalue weighted by atomic mass is 16.5. The van der Waals surface area contributed by atoms with Crippen LogP contribution in [0.5, 0.6) is 0 Å². The molecule has 0 saturated heterocycles. The van der Waals surface area contributed by atoms with Crippen LogP contribution in [0.1, 0.15) is 16.1 Å². The molecule has 122 valence electrons. The van der Waals surface area contributed by atoms with E-state index in [0.29, 0.717) is 17.1 Å². The molecule has 0 radical (unpaired) electrons. The molecule has 5 nitrogen and oxygen atoms in total. The number of nitrogens with one attached hydrogen (secondary N) is 1. The van der Waals surface area contributed by atoms with Crippen molar-refractivity contribution in [2.24, 2.45) is 0 Å². The lowest BCUT2D eigenvalue weighted by Crippen LogP contribution is -2.13. The minimum atomic E-state index is -0.246. The standard InChI is InChI=1S/C20H15N3O2/c1-13-11-19(23-25-13)22-20(24)16-12-18(14-7-3-2-4-8-14)21-17-10-6-5-9-15(16)17/h2-12H,1H3,(H,22,23,24). The van der Waals surface area contributed by atoms with Crippen LogP contribution in [-0.2, 0) is 0 Å². The number of para-hydroxylation sites is 1. The van der Waals surface area contributed by atoms with E-state index in [0.717, 1.165) is 22.2 Å². The predicted octanol–water partition coefficient (Wildman–Crippen LogP) is 4.45. The number of rotatable bonds is 3. The second-order valence-corrected chi connectivity index (χ2v) is 5.72. The molecule has 4 aromatic rings. The Morgan fingerprint density at radius 1 is 1.00 bits per heavy atom. The topological polar surface area (TPSA) is 68.0 Å². The Kier molecular flexibility index (Phi) is 3.74. The van der Waals surface area contributed by atoms with Crippen molar-refractivity contribution in [2.75, 3.05) is 5.32 Å². The highest BCUT2D eigenvalue weighted by Crippen LogP contribution is 2.25. The third-order valence-corrected chi connectivity index (χ3v) is 3.90. The number of benzene rings is 2. The lowest BCUT2D eigenvalue weighted by atomic mass is 10.0. The van der Waals surface area contributed by atoms with Gasteiger partial charge in [-0.2, -0.15) is 0 Å². The summed E-state index contributed by atoms with van der Waals surface area (Å²) in [6, 6.07) is 20.9. The van der Waals surface area contributed by atoms with E-state index in [1.165, 1.54) is 0 Å². The SMILES string of the molecule is Cc1cc(NC(=O)c2cc(-c3ccccc3)nc3ccccc23)no1. The van der Waals surface area contributed by atoms with Crippen LogP contribution < -0.4 is 5.32 Å². The molecule has 0 bridgehead atoms.